The van der Waals surface area contributed by atoms with E-state index >= 15 is 0 Å². The highest BCUT2D eigenvalue weighted by Gasteiger charge is 2.25. The van der Waals surface area contributed by atoms with Crippen molar-refractivity contribution in [3.8, 4) is 0 Å². The molecule has 1 saturated heterocycles. The van der Waals surface area contributed by atoms with Gasteiger partial charge in [0.2, 0.25) is 5.91 Å². The Morgan fingerprint density at radius 3 is 2.50 bits per heavy atom. The van der Waals surface area contributed by atoms with Crippen LogP contribution in [0.3, 0.4) is 0 Å². The molecule has 3 amide bonds. The van der Waals surface area contributed by atoms with Crippen LogP contribution in [0.5, 0.6) is 0 Å². The first-order valence-electron chi connectivity index (χ1n) is 6.91. The molecule has 0 aromatic heterocycles. The smallest absolute Gasteiger partial charge is 0.321 e. The van der Waals surface area contributed by atoms with Crippen LogP contribution < -0.4 is 11.1 Å². The van der Waals surface area contributed by atoms with E-state index in [1.165, 1.54) is 0 Å². The molecule has 5 heteroatoms. The fraction of sp³-hybridized carbons (Fsp3) is 0.467. The van der Waals surface area contributed by atoms with Gasteiger partial charge in [-0.25, -0.2) is 4.79 Å². The van der Waals surface area contributed by atoms with Gasteiger partial charge in [0.25, 0.3) is 0 Å². The van der Waals surface area contributed by atoms with Crippen LogP contribution in [0.15, 0.2) is 24.3 Å². The minimum Gasteiger partial charge on any atom is -0.366 e. The minimum absolute atomic E-state index is 0.120. The second-order valence-electron chi connectivity index (χ2n) is 5.73. The minimum atomic E-state index is -0.499. The fourth-order valence-corrected chi connectivity index (χ4v) is 2.78. The van der Waals surface area contributed by atoms with Gasteiger partial charge < -0.3 is 16.0 Å². The van der Waals surface area contributed by atoms with E-state index in [2.05, 4.69) is 19.2 Å². The number of hydrogen-bond acceptors (Lipinski definition) is 2. The van der Waals surface area contributed by atoms with Crippen LogP contribution >= 0.6 is 0 Å². The summed E-state index contributed by atoms with van der Waals surface area (Å²) in [6.45, 7) is 5.85. The molecule has 2 rings (SSSR count). The molecule has 1 aliphatic rings. The van der Waals surface area contributed by atoms with E-state index in [0.717, 1.165) is 19.5 Å². The molecule has 2 atom stereocenters. The summed E-state index contributed by atoms with van der Waals surface area (Å²) in [6.07, 6.45) is 1.15. The number of carbonyl (C=O) groups excluding carboxylic acids is 2. The molecule has 5 nitrogen and oxygen atoms in total. The first-order chi connectivity index (χ1) is 9.45. The lowest BCUT2D eigenvalue weighted by atomic mass is 9.92. The molecule has 1 aliphatic heterocycles. The number of benzene rings is 1. The Morgan fingerprint density at radius 1 is 1.25 bits per heavy atom. The van der Waals surface area contributed by atoms with Crippen LogP contribution in [-0.2, 0) is 0 Å². The van der Waals surface area contributed by atoms with Crippen molar-refractivity contribution in [2.24, 2.45) is 17.6 Å². The van der Waals surface area contributed by atoms with Crippen molar-refractivity contribution in [3.05, 3.63) is 29.8 Å². The number of anilines is 1. The van der Waals surface area contributed by atoms with E-state index in [0.29, 0.717) is 23.1 Å². The zero-order valence-electron chi connectivity index (χ0n) is 11.9. The van der Waals surface area contributed by atoms with Crippen LogP contribution in [-0.4, -0.2) is 29.9 Å². The van der Waals surface area contributed by atoms with Crippen LogP contribution in [0.1, 0.15) is 30.6 Å². The molecule has 1 heterocycles. The summed E-state index contributed by atoms with van der Waals surface area (Å²) in [5.74, 6) is 0.532. The third kappa shape index (κ3) is 3.50. The summed E-state index contributed by atoms with van der Waals surface area (Å²) in [6, 6.07) is 6.56. The molecule has 1 aromatic rings. The molecular formula is C15H21N3O2. The van der Waals surface area contributed by atoms with Crippen molar-refractivity contribution >= 4 is 17.6 Å². The maximum atomic E-state index is 12.2. The molecule has 0 bridgehead atoms. The molecule has 0 saturated carbocycles. The molecule has 0 spiro atoms. The van der Waals surface area contributed by atoms with E-state index in [4.69, 9.17) is 5.73 Å². The van der Waals surface area contributed by atoms with Gasteiger partial charge in [0.05, 0.1) is 0 Å². The van der Waals surface area contributed by atoms with Crippen LogP contribution in [0.2, 0.25) is 0 Å². The summed E-state index contributed by atoms with van der Waals surface area (Å²) in [4.78, 5) is 25.2. The zero-order valence-corrected chi connectivity index (χ0v) is 11.9. The highest BCUT2D eigenvalue weighted by Crippen LogP contribution is 2.21. The molecule has 108 valence electrons. The third-order valence-electron chi connectivity index (χ3n) is 3.55. The quantitative estimate of drug-likeness (QED) is 0.869. The molecule has 0 radical (unpaired) electrons. The molecule has 2 unspecified atom stereocenters. The highest BCUT2D eigenvalue weighted by atomic mass is 16.2. The topological polar surface area (TPSA) is 75.4 Å². The van der Waals surface area contributed by atoms with Gasteiger partial charge in [0, 0.05) is 24.3 Å². The number of primary amides is 1. The van der Waals surface area contributed by atoms with Crippen LogP contribution in [0, 0.1) is 11.8 Å². The fourth-order valence-electron chi connectivity index (χ4n) is 2.78. The normalized spacial score (nSPS) is 22.4. The van der Waals surface area contributed by atoms with Gasteiger partial charge in [-0.15, -0.1) is 0 Å². The van der Waals surface area contributed by atoms with E-state index in [1.54, 1.807) is 24.3 Å². The molecule has 3 N–H and O–H groups in total. The lowest BCUT2D eigenvalue weighted by molar-refractivity contribution is 0.1000. The Kier molecular flexibility index (Phi) is 4.27. The summed E-state index contributed by atoms with van der Waals surface area (Å²) < 4.78 is 0. The lowest BCUT2D eigenvalue weighted by Crippen LogP contribution is -2.44. The molecule has 1 fully saturated rings. The standard InChI is InChI=1S/C15H21N3O2/c1-10-6-11(2)9-18(8-10)15(20)17-13-5-3-4-12(7-13)14(16)19/h3-5,7,10-11H,6,8-9H2,1-2H3,(H2,16,19)(H,17,20). The number of hydrogen-bond donors (Lipinski definition) is 2. The SMILES string of the molecule is CC1CC(C)CN(C(=O)Nc2cccc(C(N)=O)c2)C1. The number of urea groups is 1. The van der Waals surface area contributed by atoms with E-state index in [1.807, 2.05) is 4.90 Å². The number of nitrogens with two attached hydrogens (primary N) is 1. The van der Waals surface area contributed by atoms with E-state index < -0.39 is 5.91 Å². The second-order valence-corrected chi connectivity index (χ2v) is 5.73. The lowest BCUT2D eigenvalue weighted by Gasteiger charge is -2.34. The Morgan fingerprint density at radius 2 is 1.90 bits per heavy atom. The summed E-state index contributed by atoms with van der Waals surface area (Å²) in [5.41, 5.74) is 6.22. The zero-order chi connectivity index (χ0) is 14.7. The second kappa shape index (κ2) is 5.94. The first kappa shape index (κ1) is 14.4. The summed E-state index contributed by atoms with van der Waals surface area (Å²) in [7, 11) is 0. The third-order valence-corrected chi connectivity index (χ3v) is 3.55. The predicted molar refractivity (Wildman–Crippen MR) is 78.5 cm³/mol. The van der Waals surface area contributed by atoms with Gasteiger partial charge in [-0.1, -0.05) is 19.9 Å². The Labute approximate surface area is 119 Å². The number of likely N-dealkylation sites (tertiary alicyclic amines) is 1. The number of amides is 3. The molecular weight excluding hydrogens is 254 g/mol. The molecule has 0 aliphatic carbocycles. The number of carbonyl (C=O) groups is 2. The van der Waals surface area contributed by atoms with E-state index in [9.17, 15) is 9.59 Å². The maximum absolute atomic E-state index is 12.2. The highest BCUT2D eigenvalue weighted by molar-refractivity contribution is 5.95. The van der Waals surface area contributed by atoms with Gasteiger partial charge in [0.15, 0.2) is 0 Å². The Balaban J connectivity index is 2.04. The monoisotopic (exact) mass is 275 g/mol. The van der Waals surface area contributed by atoms with Gasteiger partial charge in [-0.05, 0) is 36.5 Å². The van der Waals surface area contributed by atoms with E-state index in [-0.39, 0.29) is 6.03 Å². The largest absolute Gasteiger partial charge is 0.366 e. The summed E-state index contributed by atoms with van der Waals surface area (Å²) >= 11 is 0. The number of nitrogens with zero attached hydrogens (tertiary/aromatic N) is 1. The van der Waals surface area contributed by atoms with Crippen LogP contribution in [0.4, 0.5) is 10.5 Å². The van der Waals surface area contributed by atoms with Crippen molar-refractivity contribution in [3.63, 3.8) is 0 Å². The molecule has 20 heavy (non-hydrogen) atoms. The van der Waals surface area contributed by atoms with Crippen molar-refractivity contribution in [2.45, 2.75) is 20.3 Å². The maximum Gasteiger partial charge on any atom is 0.321 e. The number of nitrogens with one attached hydrogen (secondary N) is 1. The van der Waals surface area contributed by atoms with Gasteiger partial charge in [-0.3, -0.25) is 4.79 Å². The van der Waals surface area contributed by atoms with Gasteiger partial charge >= 0.3 is 6.03 Å². The van der Waals surface area contributed by atoms with Crippen molar-refractivity contribution in [2.75, 3.05) is 18.4 Å². The number of piperidine rings is 1. The van der Waals surface area contributed by atoms with Crippen molar-refractivity contribution in [1.82, 2.24) is 4.90 Å². The Hall–Kier alpha value is -2.04. The number of rotatable bonds is 2. The van der Waals surface area contributed by atoms with Crippen molar-refractivity contribution < 1.29 is 9.59 Å². The molecule has 1 aromatic carbocycles. The van der Waals surface area contributed by atoms with Crippen molar-refractivity contribution in [1.29, 1.82) is 0 Å². The average Bonchev–Trinajstić information content (AvgIpc) is 2.37. The van der Waals surface area contributed by atoms with Crippen LogP contribution in [0.25, 0.3) is 0 Å². The van der Waals surface area contributed by atoms with Gasteiger partial charge in [-0.2, -0.15) is 0 Å². The van der Waals surface area contributed by atoms with Gasteiger partial charge in [0.1, 0.15) is 0 Å². The summed E-state index contributed by atoms with van der Waals surface area (Å²) in [5, 5.41) is 2.83. The predicted octanol–water partition coefficient (Wildman–Crippen LogP) is 2.30. The first-order valence-corrected chi connectivity index (χ1v) is 6.91. The average molecular weight is 275 g/mol. The Bertz CT molecular complexity index is 506.